The van der Waals surface area contributed by atoms with E-state index in [-0.39, 0.29) is 0 Å². The molecule has 0 amide bonds. The molecule has 0 bridgehead atoms. The van der Waals surface area contributed by atoms with Crippen LogP contribution >= 0.6 is 11.6 Å². The predicted molar refractivity (Wildman–Crippen MR) is 65.9 cm³/mol. The van der Waals surface area contributed by atoms with Crippen molar-refractivity contribution >= 4 is 17.4 Å². The van der Waals surface area contributed by atoms with Crippen molar-refractivity contribution in [2.24, 2.45) is 5.92 Å². The molecule has 3 nitrogen and oxygen atoms in total. The lowest BCUT2D eigenvalue weighted by Gasteiger charge is -2.28. The van der Waals surface area contributed by atoms with E-state index in [1.165, 1.54) is 0 Å². The van der Waals surface area contributed by atoms with E-state index in [1.807, 2.05) is 12.1 Å². The highest BCUT2D eigenvalue weighted by Gasteiger charge is 2.20. The van der Waals surface area contributed by atoms with Crippen molar-refractivity contribution in [2.75, 3.05) is 18.5 Å². The summed E-state index contributed by atoms with van der Waals surface area (Å²) < 4.78 is 5.35. The zero-order chi connectivity index (χ0) is 11.4. The Bertz CT molecular complexity index is 340. The lowest BCUT2D eigenvalue weighted by atomic mass is 9.93. The molecule has 2 heterocycles. The van der Waals surface area contributed by atoms with Crippen LogP contribution in [0.25, 0.3) is 0 Å². The quantitative estimate of drug-likeness (QED) is 0.882. The number of ether oxygens (including phenoxy) is 1. The second-order valence-electron chi connectivity index (χ2n) is 4.22. The summed E-state index contributed by atoms with van der Waals surface area (Å²) in [5.41, 5.74) is 0. The van der Waals surface area contributed by atoms with E-state index >= 15 is 0 Å². The Morgan fingerprint density at radius 1 is 1.50 bits per heavy atom. The molecule has 1 saturated heterocycles. The third kappa shape index (κ3) is 2.86. The number of anilines is 1. The van der Waals surface area contributed by atoms with E-state index in [1.54, 1.807) is 6.20 Å². The van der Waals surface area contributed by atoms with Crippen LogP contribution in [0.2, 0.25) is 5.02 Å². The molecule has 0 radical (unpaired) electrons. The van der Waals surface area contributed by atoms with Crippen molar-refractivity contribution in [3.05, 3.63) is 23.4 Å². The Morgan fingerprint density at radius 2 is 2.25 bits per heavy atom. The van der Waals surface area contributed by atoms with Crippen molar-refractivity contribution in [2.45, 2.75) is 25.8 Å². The first-order valence-corrected chi connectivity index (χ1v) is 6.10. The van der Waals surface area contributed by atoms with E-state index < -0.39 is 0 Å². The first-order valence-electron chi connectivity index (χ1n) is 5.72. The molecule has 0 spiro atoms. The normalized spacial score (nSPS) is 19.4. The number of aromatic nitrogens is 1. The van der Waals surface area contributed by atoms with E-state index in [9.17, 15) is 0 Å². The van der Waals surface area contributed by atoms with Gasteiger partial charge < -0.3 is 10.1 Å². The maximum atomic E-state index is 6.06. The van der Waals surface area contributed by atoms with Crippen molar-refractivity contribution in [3.63, 3.8) is 0 Å². The third-order valence-electron chi connectivity index (χ3n) is 3.10. The summed E-state index contributed by atoms with van der Waals surface area (Å²) in [4.78, 5) is 4.24. The molecule has 1 aromatic heterocycles. The summed E-state index contributed by atoms with van der Waals surface area (Å²) in [5, 5.41) is 4.06. The van der Waals surface area contributed by atoms with Crippen molar-refractivity contribution in [3.8, 4) is 0 Å². The van der Waals surface area contributed by atoms with Gasteiger partial charge in [0, 0.05) is 25.5 Å². The topological polar surface area (TPSA) is 34.2 Å². The minimum Gasteiger partial charge on any atom is -0.381 e. The van der Waals surface area contributed by atoms with Crippen LogP contribution in [0.4, 0.5) is 5.82 Å². The average Bonchev–Trinajstić information content (AvgIpc) is 2.33. The second-order valence-corrected chi connectivity index (χ2v) is 4.62. The summed E-state index contributed by atoms with van der Waals surface area (Å²) in [6.07, 6.45) is 3.97. The van der Waals surface area contributed by atoms with Crippen LogP contribution in [0.5, 0.6) is 0 Å². The van der Waals surface area contributed by atoms with Crippen LogP contribution in [0.15, 0.2) is 18.3 Å². The highest BCUT2D eigenvalue weighted by atomic mass is 35.5. The van der Waals surface area contributed by atoms with Gasteiger partial charge in [0.25, 0.3) is 0 Å². The largest absolute Gasteiger partial charge is 0.381 e. The van der Waals surface area contributed by atoms with Crippen molar-refractivity contribution < 1.29 is 4.74 Å². The number of pyridine rings is 1. The van der Waals surface area contributed by atoms with E-state index in [0.717, 1.165) is 31.9 Å². The molecular weight excluding hydrogens is 224 g/mol. The second kappa shape index (κ2) is 5.51. The molecule has 0 aromatic carbocycles. The molecule has 1 unspecified atom stereocenters. The Balaban J connectivity index is 1.96. The molecule has 0 saturated carbocycles. The first kappa shape index (κ1) is 11.7. The molecule has 0 aliphatic carbocycles. The fourth-order valence-corrected chi connectivity index (χ4v) is 2.22. The van der Waals surface area contributed by atoms with E-state index in [4.69, 9.17) is 16.3 Å². The summed E-state index contributed by atoms with van der Waals surface area (Å²) in [5.74, 6) is 1.43. The van der Waals surface area contributed by atoms with Gasteiger partial charge >= 0.3 is 0 Å². The average molecular weight is 241 g/mol. The lowest BCUT2D eigenvalue weighted by molar-refractivity contribution is 0.0622. The SMILES string of the molecule is CC(Nc1ncccc1Cl)C1CCOCC1. The van der Waals surface area contributed by atoms with E-state index in [2.05, 4.69) is 17.2 Å². The highest BCUT2D eigenvalue weighted by molar-refractivity contribution is 6.32. The van der Waals surface area contributed by atoms with Crippen LogP contribution in [-0.4, -0.2) is 24.2 Å². The molecule has 2 rings (SSSR count). The smallest absolute Gasteiger partial charge is 0.144 e. The summed E-state index contributed by atoms with van der Waals surface area (Å²) >= 11 is 6.06. The van der Waals surface area contributed by atoms with Crippen molar-refractivity contribution in [1.29, 1.82) is 0 Å². The zero-order valence-corrected chi connectivity index (χ0v) is 10.2. The molecule has 1 N–H and O–H groups in total. The molecule has 1 atom stereocenters. The summed E-state index contributed by atoms with van der Waals surface area (Å²) in [7, 11) is 0. The monoisotopic (exact) mass is 240 g/mol. The van der Waals surface area contributed by atoms with Crippen molar-refractivity contribution in [1.82, 2.24) is 4.98 Å². The Labute approximate surface area is 101 Å². The predicted octanol–water partition coefficient (Wildman–Crippen LogP) is 2.96. The lowest BCUT2D eigenvalue weighted by Crippen LogP contribution is -2.31. The number of nitrogens with one attached hydrogen (secondary N) is 1. The number of hydrogen-bond donors (Lipinski definition) is 1. The Kier molecular flexibility index (Phi) is 4.02. The summed E-state index contributed by atoms with van der Waals surface area (Å²) in [6.45, 7) is 3.92. The molecule has 1 aromatic rings. The summed E-state index contributed by atoms with van der Waals surface area (Å²) in [6, 6.07) is 4.08. The van der Waals surface area contributed by atoms with Gasteiger partial charge in [-0.25, -0.2) is 4.98 Å². The third-order valence-corrected chi connectivity index (χ3v) is 3.40. The van der Waals surface area contributed by atoms with Gasteiger partial charge in [-0.15, -0.1) is 0 Å². The van der Waals surface area contributed by atoms with Gasteiger partial charge in [0.2, 0.25) is 0 Å². The number of halogens is 1. The molecule has 4 heteroatoms. The molecular formula is C12H17ClN2O. The van der Waals surface area contributed by atoms with E-state index in [0.29, 0.717) is 17.0 Å². The minimum absolute atomic E-state index is 0.385. The van der Waals surface area contributed by atoms with Gasteiger partial charge in [-0.2, -0.15) is 0 Å². The molecule has 1 aliphatic heterocycles. The van der Waals surface area contributed by atoms with Crippen LogP contribution in [0.1, 0.15) is 19.8 Å². The van der Waals surface area contributed by atoms with Crippen LogP contribution in [-0.2, 0) is 4.74 Å². The molecule has 1 aliphatic rings. The number of rotatable bonds is 3. The number of hydrogen-bond acceptors (Lipinski definition) is 3. The highest BCUT2D eigenvalue weighted by Crippen LogP contribution is 2.24. The maximum absolute atomic E-state index is 6.06. The van der Waals surface area contributed by atoms with Gasteiger partial charge in [0.1, 0.15) is 5.82 Å². The molecule has 16 heavy (non-hydrogen) atoms. The fourth-order valence-electron chi connectivity index (χ4n) is 2.04. The minimum atomic E-state index is 0.385. The van der Waals surface area contributed by atoms with Gasteiger partial charge in [-0.1, -0.05) is 11.6 Å². The maximum Gasteiger partial charge on any atom is 0.144 e. The zero-order valence-electron chi connectivity index (χ0n) is 9.45. The van der Waals surface area contributed by atoms with Crippen LogP contribution < -0.4 is 5.32 Å². The van der Waals surface area contributed by atoms with Crippen LogP contribution in [0.3, 0.4) is 0 Å². The van der Waals surface area contributed by atoms with Gasteiger partial charge in [0.15, 0.2) is 0 Å². The standard InChI is InChI=1S/C12H17ClN2O/c1-9(10-4-7-16-8-5-10)15-12-11(13)3-2-6-14-12/h2-3,6,9-10H,4-5,7-8H2,1H3,(H,14,15). The van der Waals surface area contributed by atoms with Gasteiger partial charge in [-0.3, -0.25) is 0 Å². The van der Waals surface area contributed by atoms with Crippen LogP contribution in [0, 0.1) is 5.92 Å². The fraction of sp³-hybridized carbons (Fsp3) is 0.583. The molecule has 88 valence electrons. The Morgan fingerprint density at radius 3 is 2.94 bits per heavy atom. The molecule has 1 fully saturated rings. The van der Waals surface area contributed by atoms with Gasteiger partial charge in [0.05, 0.1) is 5.02 Å². The number of nitrogens with zero attached hydrogens (tertiary/aromatic N) is 1. The van der Waals surface area contributed by atoms with Gasteiger partial charge in [-0.05, 0) is 37.8 Å². The Hall–Kier alpha value is -0.800. The first-order chi connectivity index (χ1) is 7.77.